The predicted molar refractivity (Wildman–Crippen MR) is 67.2 cm³/mol. The van der Waals surface area contributed by atoms with Crippen molar-refractivity contribution >= 4 is 22.0 Å². The van der Waals surface area contributed by atoms with Gasteiger partial charge in [-0.3, -0.25) is 9.59 Å². The number of esters is 1. The van der Waals surface area contributed by atoms with Gasteiger partial charge in [-0.25, -0.2) is 8.42 Å². The molecule has 0 aromatic rings. The molecule has 0 saturated heterocycles. The largest absolute Gasteiger partial charge is 1.00 e. The fraction of sp³-hybridized carbons (Fsp3) is 0.818. The van der Waals surface area contributed by atoms with E-state index in [-0.39, 0.29) is 55.1 Å². The van der Waals surface area contributed by atoms with Gasteiger partial charge in [0.15, 0.2) is 0 Å². The Bertz CT molecular complexity index is 421. The summed E-state index contributed by atoms with van der Waals surface area (Å²) >= 11 is 0. The van der Waals surface area contributed by atoms with Gasteiger partial charge in [0, 0.05) is 6.54 Å². The Morgan fingerprint density at radius 1 is 1.30 bits per heavy atom. The molecule has 0 aliphatic carbocycles. The third-order valence-corrected chi connectivity index (χ3v) is 3.38. The number of amides is 1. The van der Waals surface area contributed by atoms with Crippen LogP contribution in [0.1, 0.15) is 33.6 Å². The molecule has 1 N–H and O–H groups in total. The van der Waals surface area contributed by atoms with Crippen molar-refractivity contribution in [1.82, 2.24) is 5.32 Å². The molecule has 20 heavy (non-hydrogen) atoms. The SMILES string of the molecule is CCC(C)(C)C(=O)OCCC(=O)NCCS(=O)(=O)[O-].[Na+]. The first-order valence-corrected chi connectivity index (χ1v) is 7.53. The number of ether oxygens (including phenoxy) is 1. The van der Waals surface area contributed by atoms with Gasteiger partial charge < -0.3 is 14.6 Å². The molecule has 0 aliphatic heterocycles. The van der Waals surface area contributed by atoms with Crippen LogP contribution in [0, 0.1) is 5.41 Å². The Labute approximate surface area is 141 Å². The van der Waals surface area contributed by atoms with E-state index >= 15 is 0 Å². The molecule has 0 heterocycles. The zero-order chi connectivity index (χ0) is 15.1. The third-order valence-electron chi connectivity index (χ3n) is 2.67. The molecule has 1 amide bonds. The Hall–Kier alpha value is -0.150. The van der Waals surface area contributed by atoms with E-state index in [0.717, 1.165) is 0 Å². The first-order valence-electron chi connectivity index (χ1n) is 5.96. The molecule has 7 nitrogen and oxygen atoms in total. The molecule has 0 spiro atoms. The van der Waals surface area contributed by atoms with Crippen LogP contribution in [0.5, 0.6) is 0 Å². The van der Waals surface area contributed by atoms with E-state index in [1.807, 2.05) is 6.92 Å². The molecular weight excluding hydrogens is 297 g/mol. The zero-order valence-corrected chi connectivity index (χ0v) is 15.2. The Kier molecular flexibility index (Phi) is 10.8. The Balaban J connectivity index is 0. The first kappa shape index (κ1) is 22.1. The van der Waals surface area contributed by atoms with Crippen LogP contribution in [0.2, 0.25) is 0 Å². The number of carbonyl (C=O) groups excluding carboxylic acids is 2. The van der Waals surface area contributed by atoms with Crippen LogP contribution in [0.3, 0.4) is 0 Å². The average molecular weight is 317 g/mol. The van der Waals surface area contributed by atoms with Crippen molar-refractivity contribution in [3.63, 3.8) is 0 Å². The van der Waals surface area contributed by atoms with Crippen LogP contribution in [0.25, 0.3) is 0 Å². The van der Waals surface area contributed by atoms with Gasteiger partial charge in [-0.1, -0.05) is 6.92 Å². The van der Waals surface area contributed by atoms with Gasteiger partial charge in [0.2, 0.25) is 5.91 Å². The first-order chi connectivity index (χ1) is 8.58. The van der Waals surface area contributed by atoms with Crippen molar-refractivity contribution < 1.29 is 56.9 Å². The molecular formula is C11H20NNaO6S. The Morgan fingerprint density at radius 2 is 1.85 bits per heavy atom. The summed E-state index contributed by atoms with van der Waals surface area (Å²) in [7, 11) is -4.33. The van der Waals surface area contributed by atoms with Crippen molar-refractivity contribution in [2.24, 2.45) is 5.41 Å². The van der Waals surface area contributed by atoms with E-state index in [1.165, 1.54) is 0 Å². The quantitative estimate of drug-likeness (QED) is 0.290. The van der Waals surface area contributed by atoms with Gasteiger partial charge in [-0.2, -0.15) is 0 Å². The van der Waals surface area contributed by atoms with Gasteiger partial charge in [0.25, 0.3) is 0 Å². The van der Waals surface area contributed by atoms with Crippen LogP contribution >= 0.6 is 0 Å². The van der Waals surface area contributed by atoms with Crippen LogP contribution in [0.4, 0.5) is 0 Å². The van der Waals surface area contributed by atoms with Crippen LogP contribution in [-0.2, 0) is 24.4 Å². The fourth-order valence-electron chi connectivity index (χ4n) is 0.980. The van der Waals surface area contributed by atoms with Gasteiger partial charge in [0.1, 0.15) is 6.61 Å². The summed E-state index contributed by atoms with van der Waals surface area (Å²) in [5, 5.41) is 2.26. The fourth-order valence-corrected chi connectivity index (χ4v) is 1.33. The maximum atomic E-state index is 11.5. The van der Waals surface area contributed by atoms with Crippen molar-refractivity contribution in [1.29, 1.82) is 0 Å². The normalized spacial score (nSPS) is 11.4. The van der Waals surface area contributed by atoms with Crippen LogP contribution in [-0.4, -0.2) is 43.8 Å². The van der Waals surface area contributed by atoms with Gasteiger partial charge in [-0.05, 0) is 20.3 Å². The van der Waals surface area contributed by atoms with E-state index in [2.05, 4.69) is 5.32 Å². The van der Waals surface area contributed by atoms with Gasteiger partial charge in [-0.15, -0.1) is 0 Å². The minimum absolute atomic E-state index is 0. The summed E-state index contributed by atoms with van der Waals surface area (Å²) in [6.07, 6.45) is 0.559. The second-order valence-electron chi connectivity index (χ2n) is 4.74. The predicted octanol–water partition coefficient (Wildman–Crippen LogP) is -2.98. The van der Waals surface area contributed by atoms with Crippen molar-refractivity contribution in [2.75, 3.05) is 18.9 Å². The molecule has 0 fully saturated rings. The summed E-state index contributed by atoms with van der Waals surface area (Å²) in [5.41, 5.74) is -0.590. The molecule has 0 radical (unpaired) electrons. The minimum Gasteiger partial charge on any atom is -0.748 e. The van der Waals surface area contributed by atoms with E-state index in [4.69, 9.17) is 4.74 Å². The molecule has 0 saturated carbocycles. The standard InChI is InChI=1S/C11H21NO6S.Na/c1-4-11(2,3)10(14)18-7-5-9(13)12-6-8-19(15,16)17;/h4-8H2,1-3H3,(H,12,13)(H,15,16,17);/q;+1/p-1. The van der Waals surface area contributed by atoms with Crippen molar-refractivity contribution in [3.8, 4) is 0 Å². The minimum atomic E-state index is -4.33. The van der Waals surface area contributed by atoms with Crippen LogP contribution < -0.4 is 34.9 Å². The zero-order valence-electron chi connectivity index (χ0n) is 12.4. The van der Waals surface area contributed by atoms with Crippen LogP contribution in [0.15, 0.2) is 0 Å². The molecule has 0 aromatic heterocycles. The Morgan fingerprint density at radius 3 is 2.30 bits per heavy atom. The molecule has 0 unspecified atom stereocenters. The summed E-state index contributed by atoms with van der Waals surface area (Å²) in [4.78, 5) is 22.8. The monoisotopic (exact) mass is 317 g/mol. The van der Waals surface area contributed by atoms with E-state index in [1.54, 1.807) is 13.8 Å². The summed E-state index contributed by atoms with van der Waals surface area (Å²) in [5.74, 6) is -1.50. The molecule has 0 rings (SSSR count). The summed E-state index contributed by atoms with van der Waals surface area (Å²) < 4.78 is 35.8. The molecule has 112 valence electrons. The number of rotatable bonds is 8. The smallest absolute Gasteiger partial charge is 0.748 e. The van der Waals surface area contributed by atoms with Crippen molar-refractivity contribution in [2.45, 2.75) is 33.6 Å². The molecule has 0 atom stereocenters. The van der Waals surface area contributed by atoms with E-state index < -0.39 is 27.2 Å². The number of nitrogens with one attached hydrogen (secondary N) is 1. The number of carbonyl (C=O) groups is 2. The second-order valence-corrected chi connectivity index (χ2v) is 6.26. The summed E-state index contributed by atoms with van der Waals surface area (Å²) in [6.45, 7) is 5.04. The topological polar surface area (TPSA) is 113 Å². The second kappa shape index (κ2) is 9.73. The maximum absolute atomic E-state index is 11.5. The molecule has 9 heteroatoms. The average Bonchev–Trinajstić information content (AvgIpc) is 2.27. The molecule has 0 aliphatic rings. The third kappa shape index (κ3) is 10.6. The van der Waals surface area contributed by atoms with E-state index in [0.29, 0.717) is 6.42 Å². The summed E-state index contributed by atoms with van der Waals surface area (Å²) in [6, 6.07) is 0. The van der Waals surface area contributed by atoms with Gasteiger partial charge >= 0.3 is 35.5 Å². The molecule has 0 bridgehead atoms. The number of hydrogen-bond donors (Lipinski definition) is 1. The number of hydrogen-bond acceptors (Lipinski definition) is 6. The van der Waals surface area contributed by atoms with Gasteiger partial charge in [0.05, 0.1) is 27.7 Å². The molecule has 0 aromatic carbocycles. The van der Waals surface area contributed by atoms with E-state index in [9.17, 15) is 22.6 Å². The maximum Gasteiger partial charge on any atom is 1.00 e. The van der Waals surface area contributed by atoms with Crippen molar-refractivity contribution in [3.05, 3.63) is 0 Å².